The molecule has 2 aromatic rings. The van der Waals surface area contributed by atoms with E-state index in [0.29, 0.717) is 23.0 Å². The molecular weight excluding hydrogens is 272 g/mol. The van der Waals surface area contributed by atoms with Crippen molar-refractivity contribution in [2.24, 2.45) is 0 Å². The van der Waals surface area contributed by atoms with E-state index in [0.717, 1.165) is 0 Å². The number of aliphatic hydroxyl groups excluding tert-OH is 1. The number of rotatable bonds is 5. The summed E-state index contributed by atoms with van der Waals surface area (Å²) in [5.41, 5.74) is 3.57. The van der Waals surface area contributed by atoms with Gasteiger partial charge in [0.05, 0.1) is 0 Å². The van der Waals surface area contributed by atoms with Crippen LogP contribution in [-0.4, -0.2) is 10.9 Å². The molecule has 2 nitrogen and oxygen atoms in total. The van der Waals surface area contributed by atoms with Crippen molar-refractivity contribution >= 4 is 5.78 Å². The fourth-order valence-corrected chi connectivity index (χ4v) is 2.40. The summed E-state index contributed by atoms with van der Waals surface area (Å²) in [6.45, 7) is 8.46. The maximum Gasteiger partial charge on any atom is 0.195 e. The molecule has 0 radical (unpaired) electrons. The highest BCUT2D eigenvalue weighted by atomic mass is 16.3. The summed E-state index contributed by atoms with van der Waals surface area (Å²) in [5.74, 6) is 0.607. The van der Waals surface area contributed by atoms with Crippen molar-refractivity contribution in [2.45, 2.75) is 45.6 Å². The lowest BCUT2D eigenvalue weighted by Gasteiger charge is -2.13. The van der Waals surface area contributed by atoms with Crippen LogP contribution in [0.2, 0.25) is 0 Å². The van der Waals surface area contributed by atoms with Crippen molar-refractivity contribution in [1.82, 2.24) is 0 Å². The second-order valence-corrected chi connectivity index (χ2v) is 6.36. The van der Waals surface area contributed by atoms with Gasteiger partial charge >= 0.3 is 0 Å². The number of ketones is 1. The van der Waals surface area contributed by atoms with Crippen molar-refractivity contribution in [1.29, 1.82) is 0 Å². The highest BCUT2D eigenvalue weighted by molar-refractivity contribution is 5.99. The van der Waals surface area contributed by atoms with Gasteiger partial charge in [0.2, 0.25) is 0 Å². The van der Waals surface area contributed by atoms with Gasteiger partial charge in [-0.15, -0.1) is 0 Å². The van der Waals surface area contributed by atoms with Crippen molar-refractivity contribution in [3.63, 3.8) is 0 Å². The van der Waals surface area contributed by atoms with Crippen LogP contribution in [0.3, 0.4) is 0 Å². The van der Waals surface area contributed by atoms with E-state index in [1.165, 1.54) is 11.1 Å². The zero-order valence-electron chi connectivity index (χ0n) is 13.7. The Morgan fingerprint density at radius 1 is 0.727 bits per heavy atom. The molecule has 1 N–H and O–H groups in total. The molecular formula is C20H24O2. The standard InChI is InChI=1S/C20H24O2/c1-13(2)15-5-9-17(10-6-15)19(21)20(22)18-11-7-16(8-12-18)14(3)4/h5-14,19,21H,1-4H3. The molecule has 0 bridgehead atoms. The number of carbonyl (C=O) groups is 1. The third kappa shape index (κ3) is 3.63. The van der Waals surface area contributed by atoms with Crippen LogP contribution in [-0.2, 0) is 0 Å². The molecule has 116 valence electrons. The lowest BCUT2D eigenvalue weighted by atomic mass is 9.95. The van der Waals surface area contributed by atoms with E-state index < -0.39 is 6.10 Å². The Labute approximate surface area is 132 Å². The van der Waals surface area contributed by atoms with Crippen LogP contribution in [0.15, 0.2) is 48.5 Å². The second-order valence-electron chi connectivity index (χ2n) is 6.36. The second kappa shape index (κ2) is 6.89. The average molecular weight is 296 g/mol. The first-order valence-electron chi connectivity index (χ1n) is 7.82. The van der Waals surface area contributed by atoms with Crippen LogP contribution < -0.4 is 0 Å². The minimum Gasteiger partial charge on any atom is -0.380 e. The smallest absolute Gasteiger partial charge is 0.195 e. The van der Waals surface area contributed by atoms with Gasteiger partial charge in [0.1, 0.15) is 6.10 Å². The predicted octanol–water partition coefficient (Wildman–Crippen LogP) is 4.85. The quantitative estimate of drug-likeness (QED) is 0.801. The zero-order valence-corrected chi connectivity index (χ0v) is 13.7. The number of aliphatic hydroxyl groups is 1. The molecule has 0 saturated carbocycles. The van der Waals surface area contributed by atoms with Gasteiger partial charge < -0.3 is 5.11 Å². The molecule has 0 aliphatic heterocycles. The minimum atomic E-state index is -1.11. The van der Waals surface area contributed by atoms with Crippen LogP contribution in [0, 0.1) is 0 Å². The molecule has 22 heavy (non-hydrogen) atoms. The van der Waals surface area contributed by atoms with Gasteiger partial charge in [0.15, 0.2) is 5.78 Å². The molecule has 0 aliphatic carbocycles. The number of Topliss-reactive ketones (excluding diaryl/α,β-unsaturated/α-hetero) is 1. The van der Waals surface area contributed by atoms with E-state index >= 15 is 0 Å². The van der Waals surface area contributed by atoms with Crippen LogP contribution >= 0.6 is 0 Å². The Balaban J connectivity index is 2.17. The average Bonchev–Trinajstić information content (AvgIpc) is 2.53. The fraction of sp³-hybridized carbons (Fsp3) is 0.350. The summed E-state index contributed by atoms with van der Waals surface area (Å²) in [6.07, 6.45) is -1.11. The Bertz CT molecular complexity index is 622. The lowest BCUT2D eigenvalue weighted by Crippen LogP contribution is -2.12. The Hall–Kier alpha value is -1.93. The predicted molar refractivity (Wildman–Crippen MR) is 90.4 cm³/mol. The van der Waals surface area contributed by atoms with Crippen molar-refractivity contribution in [2.75, 3.05) is 0 Å². The number of carbonyl (C=O) groups excluding carboxylic acids is 1. The van der Waals surface area contributed by atoms with Crippen LogP contribution in [0.5, 0.6) is 0 Å². The van der Waals surface area contributed by atoms with E-state index in [9.17, 15) is 9.90 Å². The summed E-state index contributed by atoms with van der Waals surface area (Å²) in [5, 5.41) is 10.3. The van der Waals surface area contributed by atoms with Gasteiger partial charge in [-0.2, -0.15) is 0 Å². The van der Waals surface area contributed by atoms with E-state index in [1.807, 2.05) is 36.4 Å². The first-order valence-corrected chi connectivity index (χ1v) is 7.82. The van der Waals surface area contributed by atoms with Gasteiger partial charge in [-0.05, 0) is 28.5 Å². The number of benzene rings is 2. The summed E-state index contributed by atoms with van der Waals surface area (Å²) in [4.78, 5) is 12.4. The first-order chi connectivity index (χ1) is 10.4. The van der Waals surface area contributed by atoms with Gasteiger partial charge in [0.25, 0.3) is 0 Å². The molecule has 1 unspecified atom stereocenters. The van der Waals surface area contributed by atoms with E-state index in [1.54, 1.807) is 12.1 Å². The maximum atomic E-state index is 12.4. The Kier molecular flexibility index (Phi) is 5.15. The third-order valence-corrected chi connectivity index (χ3v) is 4.03. The van der Waals surface area contributed by atoms with E-state index in [-0.39, 0.29) is 5.78 Å². The monoisotopic (exact) mass is 296 g/mol. The van der Waals surface area contributed by atoms with Gasteiger partial charge in [-0.1, -0.05) is 76.2 Å². The highest BCUT2D eigenvalue weighted by Crippen LogP contribution is 2.23. The van der Waals surface area contributed by atoms with Gasteiger partial charge in [-0.25, -0.2) is 0 Å². The number of hydrogen-bond donors (Lipinski definition) is 1. The van der Waals surface area contributed by atoms with E-state index in [2.05, 4.69) is 27.7 Å². The molecule has 1 atom stereocenters. The lowest BCUT2D eigenvalue weighted by molar-refractivity contribution is 0.0747. The van der Waals surface area contributed by atoms with Crippen molar-refractivity contribution < 1.29 is 9.90 Å². The zero-order chi connectivity index (χ0) is 16.3. The molecule has 0 spiro atoms. The van der Waals surface area contributed by atoms with Crippen LogP contribution in [0.4, 0.5) is 0 Å². The molecule has 0 amide bonds. The van der Waals surface area contributed by atoms with Crippen LogP contribution in [0.1, 0.15) is 72.7 Å². The Morgan fingerprint density at radius 2 is 1.09 bits per heavy atom. The molecule has 0 heterocycles. The highest BCUT2D eigenvalue weighted by Gasteiger charge is 2.19. The van der Waals surface area contributed by atoms with Crippen molar-refractivity contribution in [3.8, 4) is 0 Å². The Morgan fingerprint density at radius 3 is 1.50 bits per heavy atom. The summed E-state index contributed by atoms with van der Waals surface area (Å²) >= 11 is 0. The largest absolute Gasteiger partial charge is 0.380 e. The van der Waals surface area contributed by atoms with Gasteiger partial charge in [0, 0.05) is 5.56 Å². The third-order valence-electron chi connectivity index (χ3n) is 4.03. The normalized spacial score (nSPS) is 12.7. The number of hydrogen-bond acceptors (Lipinski definition) is 2. The minimum absolute atomic E-state index is 0.257. The fourth-order valence-electron chi connectivity index (χ4n) is 2.40. The SMILES string of the molecule is CC(C)c1ccc(C(=O)C(O)c2ccc(C(C)C)cc2)cc1. The van der Waals surface area contributed by atoms with Crippen LogP contribution in [0.25, 0.3) is 0 Å². The summed E-state index contributed by atoms with van der Waals surface area (Å²) in [7, 11) is 0. The maximum absolute atomic E-state index is 12.4. The summed E-state index contributed by atoms with van der Waals surface area (Å²) < 4.78 is 0. The molecule has 0 saturated heterocycles. The summed E-state index contributed by atoms with van der Waals surface area (Å²) in [6, 6.07) is 15.1. The molecule has 2 aromatic carbocycles. The molecule has 2 rings (SSSR count). The van der Waals surface area contributed by atoms with E-state index in [4.69, 9.17) is 0 Å². The molecule has 0 aliphatic rings. The van der Waals surface area contributed by atoms with Gasteiger partial charge in [-0.3, -0.25) is 4.79 Å². The molecule has 2 heteroatoms. The topological polar surface area (TPSA) is 37.3 Å². The molecule has 0 fully saturated rings. The molecule has 0 aromatic heterocycles. The first kappa shape index (κ1) is 16.4. The van der Waals surface area contributed by atoms with Crippen molar-refractivity contribution in [3.05, 3.63) is 70.8 Å².